The summed E-state index contributed by atoms with van der Waals surface area (Å²) in [4.78, 5) is 11.8. The van der Waals surface area contributed by atoms with Crippen molar-refractivity contribution in [1.82, 2.24) is 9.62 Å². The van der Waals surface area contributed by atoms with Gasteiger partial charge in [-0.15, -0.1) is 0 Å². The van der Waals surface area contributed by atoms with E-state index >= 15 is 0 Å². The van der Waals surface area contributed by atoms with E-state index in [1.165, 1.54) is 28.1 Å². The summed E-state index contributed by atoms with van der Waals surface area (Å²) in [5, 5.41) is 2.59. The summed E-state index contributed by atoms with van der Waals surface area (Å²) in [6.45, 7) is 0.753. The highest BCUT2D eigenvalue weighted by Crippen LogP contribution is 2.21. The predicted molar refractivity (Wildman–Crippen MR) is 104 cm³/mol. The second-order valence-corrected chi connectivity index (χ2v) is 8.68. The second-order valence-electron chi connectivity index (χ2n) is 6.59. The zero-order valence-electron chi connectivity index (χ0n) is 15.4. The van der Waals surface area contributed by atoms with Crippen LogP contribution in [0.15, 0.2) is 48.5 Å². The van der Waals surface area contributed by atoms with Gasteiger partial charge in [-0.25, -0.2) is 12.8 Å². The maximum atomic E-state index is 13.4. The van der Waals surface area contributed by atoms with Crippen molar-refractivity contribution in [3.05, 3.63) is 65.5 Å². The molecule has 0 spiro atoms. The maximum Gasteiger partial charge on any atom is 0.257 e. The number of carbonyl (C=O) groups is 1. The fourth-order valence-corrected chi connectivity index (χ4v) is 4.55. The molecule has 0 saturated heterocycles. The zero-order valence-corrected chi connectivity index (χ0v) is 16.3. The van der Waals surface area contributed by atoms with Crippen LogP contribution >= 0.6 is 0 Å². The number of carbonyl (C=O) groups excluding carboxylic acids is 1. The van der Waals surface area contributed by atoms with Crippen LogP contribution in [0.1, 0.15) is 17.5 Å². The van der Waals surface area contributed by atoms with Gasteiger partial charge in [-0.3, -0.25) is 4.79 Å². The first-order chi connectivity index (χ1) is 13.5. The van der Waals surface area contributed by atoms with Gasteiger partial charge in [-0.2, -0.15) is 4.31 Å². The maximum absolute atomic E-state index is 13.4. The number of ether oxygens (including phenoxy) is 1. The summed E-state index contributed by atoms with van der Waals surface area (Å²) in [5.41, 5.74) is 2.23. The summed E-state index contributed by atoms with van der Waals surface area (Å²) >= 11 is 0. The second kappa shape index (κ2) is 9.16. The summed E-state index contributed by atoms with van der Waals surface area (Å²) in [6.07, 6.45) is 1.01. The average molecular weight is 406 g/mol. The van der Waals surface area contributed by atoms with E-state index in [9.17, 15) is 17.6 Å². The van der Waals surface area contributed by atoms with Gasteiger partial charge in [-0.05, 0) is 36.1 Å². The number of hydrogen-bond acceptors (Lipinski definition) is 4. The van der Waals surface area contributed by atoms with Gasteiger partial charge in [0.05, 0.1) is 5.75 Å². The third-order valence-electron chi connectivity index (χ3n) is 4.59. The van der Waals surface area contributed by atoms with E-state index in [1.807, 2.05) is 24.3 Å². The molecule has 1 aliphatic rings. The third kappa shape index (κ3) is 5.30. The number of nitrogens with zero attached hydrogens (tertiary/aromatic N) is 1. The Kier molecular flexibility index (Phi) is 6.64. The van der Waals surface area contributed by atoms with Gasteiger partial charge in [0.2, 0.25) is 10.0 Å². The van der Waals surface area contributed by atoms with Gasteiger partial charge >= 0.3 is 0 Å². The van der Waals surface area contributed by atoms with Gasteiger partial charge in [0.25, 0.3) is 5.91 Å². The quantitative estimate of drug-likeness (QED) is 0.682. The van der Waals surface area contributed by atoms with Crippen LogP contribution in [0.5, 0.6) is 5.75 Å². The van der Waals surface area contributed by atoms with Crippen LogP contribution in [0.4, 0.5) is 4.39 Å². The van der Waals surface area contributed by atoms with Gasteiger partial charge in [-0.1, -0.05) is 36.4 Å². The molecule has 0 unspecified atom stereocenters. The van der Waals surface area contributed by atoms with Crippen LogP contribution < -0.4 is 10.1 Å². The zero-order chi connectivity index (χ0) is 20.0. The van der Waals surface area contributed by atoms with Crippen molar-refractivity contribution in [1.29, 1.82) is 0 Å². The molecule has 1 amide bonds. The summed E-state index contributed by atoms with van der Waals surface area (Å²) in [6, 6.07) is 13.7. The lowest BCUT2D eigenvalue weighted by molar-refractivity contribution is -0.123. The van der Waals surface area contributed by atoms with E-state index in [0.29, 0.717) is 25.9 Å². The molecule has 0 aliphatic carbocycles. The minimum atomic E-state index is -3.38. The van der Waals surface area contributed by atoms with Crippen molar-refractivity contribution in [3.8, 4) is 5.75 Å². The molecule has 0 saturated carbocycles. The Hall–Kier alpha value is -2.45. The molecule has 0 fully saturated rings. The van der Waals surface area contributed by atoms with Crippen molar-refractivity contribution in [2.75, 3.05) is 25.4 Å². The smallest absolute Gasteiger partial charge is 0.257 e. The molecule has 3 rings (SSSR count). The van der Waals surface area contributed by atoms with Crippen LogP contribution in [0.2, 0.25) is 0 Å². The number of para-hydroxylation sites is 1. The van der Waals surface area contributed by atoms with Crippen LogP contribution in [0.3, 0.4) is 0 Å². The van der Waals surface area contributed by atoms with Gasteiger partial charge in [0.15, 0.2) is 18.2 Å². The Labute approximate surface area is 164 Å². The summed E-state index contributed by atoms with van der Waals surface area (Å²) in [5.74, 6) is -0.994. The molecule has 0 bridgehead atoms. The van der Waals surface area contributed by atoms with Crippen LogP contribution in [-0.2, 0) is 27.8 Å². The first-order valence-electron chi connectivity index (χ1n) is 9.14. The molecule has 1 N–H and O–H groups in total. The largest absolute Gasteiger partial charge is 0.481 e. The Morgan fingerprint density at radius 3 is 2.61 bits per heavy atom. The number of nitrogens with one attached hydrogen (secondary N) is 1. The molecule has 8 heteroatoms. The molecular formula is C20H23FN2O4S. The molecule has 2 aromatic carbocycles. The minimum absolute atomic E-state index is 0.00519. The highest BCUT2D eigenvalue weighted by Gasteiger charge is 2.26. The van der Waals surface area contributed by atoms with Gasteiger partial charge in [0, 0.05) is 19.6 Å². The number of rotatable bonds is 8. The average Bonchev–Trinajstić information content (AvgIpc) is 2.70. The summed E-state index contributed by atoms with van der Waals surface area (Å²) < 4.78 is 45.1. The Bertz CT molecular complexity index is 933. The topological polar surface area (TPSA) is 75.7 Å². The van der Waals surface area contributed by atoms with E-state index in [1.54, 1.807) is 6.07 Å². The number of hydrogen-bond donors (Lipinski definition) is 1. The highest BCUT2D eigenvalue weighted by atomic mass is 32.2. The number of benzene rings is 2. The summed E-state index contributed by atoms with van der Waals surface area (Å²) in [7, 11) is -3.38. The van der Waals surface area contributed by atoms with E-state index in [0.717, 1.165) is 5.56 Å². The Morgan fingerprint density at radius 2 is 1.82 bits per heavy atom. The molecule has 2 aromatic rings. The fourth-order valence-electron chi connectivity index (χ4n) is 3.07. The Balaban J connectivity index is 1.40. The first kappa shape index (κ1) is 20.3. The molecule has 6 nitrogen and oxygen atoms in total. The SMILES string of the molecule is O=C(COc1ccccc1F)NCCCS(=O)(=O)N1CCc2ccccc2C1. The van der Waals surface area contributed by atoms with E-state index in [4.69, 9.17) is 4.74 Å². The predicted octanol–water partition coefficient (Wildman–Crippen LogP) is 2.10. The lowest BCUT2D eigenvalue weighted by Gasteiger charge is -2.28. The van der Waals surface area contributed by atoms with Gasteiger partial charge in [0.1, 0.15) is 0 Å². The van der Waals surface area contributed by atoms with Gasteiger partial charge < -0.3 is 10.1 Å². The molecule has 28 heavy (non-hydrogen) atoms. The number of fused-ring (bicyclic) bond motifs is 1. The molecular weight excluding hydrogens is 383 g/mol. The lowest BCUT2D eigenvalue weighted by Crippen LogP contribution is -2.38. The molecule has 0 radical (unpaired) electrons. The highest BCUT2D eigenvalue weighted by molar-refractivity contribution is 7.89. The standard InChI is InChI=1S/C20H23FN2O4S/c21-18-8-3-4-9-19(18)27-15-20(24)22-11-5-13-28(25,26)23-12-10-16-6-1-2-7-17(16)14-23/h1-4,6-9H,5,10-15H2,(H,22,24). The molecule has 1 aliphatic heterocycles. The number of amides is 1. The number of sulfonamides is 1. The molecule has 1 heterocycles. The molecule has 0 aromatic heterocycles. The minimum Gasteiger partial charge on any atom is -0.481 e. The van der Waals surface area contributed by atoms with Crippen molar-refractivity contribution in [2.24, 2.45) is 0 Å². The van der Waals surface area contributed by atoms with Crippen LogP contribution in [0, 0.1) is 5.82 Å². The monoisotopic (exact) mass is 406 g/mol. The van der Waals surface area contributed by atoms with E-state index in [-0.39, 0.29) is 24.7 Å². The van der Waals surface area contributed by atoms with Crippen LogP contribution in [-0.4, -0.2) is 44.1 Å². The van der Waals surface area contributed by atoms with Crippen molar-refractivity contribution in [3.63, 3.8) is 0 Å². The lowest BCUT2D eigenvalue weighted by atomic mass is 10.0. The van der Waals surface area contributed by atoms with E-state index in [2.05, 4.69) is 5.32 Å². The van der Waals surface area contributed by atoms with Crippen molar-refractivity contribution >= 4 is 15.9 Å². The fraction of sp³-hybridized carbons (Fsp3) is 0.350. The normalized spacial score (nSPS) is 14.3. The third-order valence-corrected chi connectivity index (χ3v) is 6.49. The Morgan fingerprint density at radius 1 is 1.11 bits per heavy atom. The van der Waals surface area contributed by atoms with E-state index < -0.39 is 21.7 Å². The van der Waals surface area contributed by atoms with Crippen LogP contribution in [0.25, 0.3) is 0 Å². The van der Waals surface area contributed by atoms with Crippen molar-refractivity contribution < 1.29 is 22.3 Å². The molecule has 0 atom stereocenters. The van der Waals surface area contributed by atoms with Crippen molar-refractivity contribution in [2.45, 2.75) is 19.4 Å². The molecule has 150 valence electrons. The first-order valence-corrected chi connectivity index (χ1v) is 10.8. The number of halogens is 1.